The van der Waals surface area contributed by atoms with Crippen LogP contribution in [-0.2, 0) is 24.5 Å². The number of carbonyl (C=O) groups excluding carboxylic acids is 3. The highest BCUT2D eigenvalue weighted by atomic mass is 35.5. The predicted molar refractivity (Wildman–Crippen MR) is 102 cm³/mol. The van der Waals surface area contributed by atoms with Gasteiger partial charge in [-0.3, -0.25) is 14.5 Å². The van der Waals surface area contributed by atoms with Gasteiger partial charge in [-0.1, -0.05) is 48.0 Å². The number of hydrogen-bond acceptors (Lipinski definition) is 5. The van der Waals surface area contributed by atoms with Crippen LogP contribution >= 0.6 is 11.6 Å². The number of esters is 1. The van der Waals surface area contributed by atoms with Crippen LogP contribution in [0.4, 0.5) is 5.69 Å². The molecule has 1 aliphatic rings. The molecule has 1 heterocycles. The molecule has 1 fully saturated rings. The lowest BCUT2D eigenvalue weighted by atomic mass is 9.70. The third-order valence-electron chi connectivity index (χ3n) is 4.74. The standard InChI is InChI=1S/C21H17ClN2O4/c1-2-28-20(27)21(13-23,14-7-4-3-5-8-14)17-12-18(25)24(19(17)26)16-10-6-9-15(22)11-16/h3-11,17H,2,12H2,1H3/t17-,21+/m1/s1. The van der Waals surface area contributed by atoms with Gasteiger partial charge in [-0.2, -0.15) is 5.26 Å². The zero-order chi connectivity index (χ0) is 20.3. The highest BCUT2D eigenvalue weighted by Gasteiger charge is 2.58. The maximum atomic E-state index is 13.2. The second-order valence-electron chi connectivity index (χ2n) is 6.31. The zero-order valence-corrected chi connectivity index (χ0v) is 15.8. The van der Waals surface area contributed by atoms with E-state index in [0.717, 1.165) is 4.90 Å². The summed E-state index contributed by atoms with van der Waals surface area (Å²) in [5.74, 6) is -3.18. The minimum Gasteiger partial charge on any atom is -0.465 e. The summed E-state index contributed by atoms with van der Waals surface area (Å²) in [6, 6.07) is 16.5. The van der Waals surface area contributed by atoms with Gasteiger partial charge in [0, 0.05) is 11.4 Å². The Kier molecular flexibility index (Phi) is 5.48. The van der Waals surface area contributed by atoms with Crippen molar-refractivity contribution in [1.82, 2.24) is 0 Å². The zero-order valence-electron chi connectivity index (χ0n) is 15.1. The van der Waals surface area contributed by atoms with Gasteiger partial charge in [-0.05, 0) is 30.7 Å². The number of rotatable bonds is 5. The topological polar surface area (TPSA) is 87.5 Å². The first-order valence-corrected chi connectivity index (χ1v) is 9.09. The average molecular weight is 397 g/mol. The van der Waals surface area contributed by atoms with E-state index in [1.54, 1.807) is 55.5 Å². The number of ether oxygens (including phenoxy) is 1. The van der Waals surface area contributed by atoms with Crippen molar-refractivity contribution >= 4 is 35.1 Å². The Morgan fingerprint density at radius 1 is 1.25 bits per heavy atom. The van der Waals surface area contributed by atoms with Crippen LogP contribution in [0.25, 0.3) is 0 Å². The first-order chi connectivity index (χ1) is 13.5. The molecular formula is C21H17ClN2O4. The van der Waals surface area contributed by atoms with Gasteiger partial charge in [0.05, 0.1) is 24.3 Å². The molecule has 0 spiro atoms. The molecule has 0 aromatic heterocycles. The first kappa shape index (κ1) is 19.6. The average Bonchev–Trinajstić information content (AvgIpc) is 2.98. The number of amides is 2. The van der Waals surface area contributed by atoms with Crippen LogP contribution in [0.15, 0.2) is 54.6 Å². The number of anilines is 1. The van der Waals surface area contributed by atoms with Gasteiger partial charge >= 0.3 is 5.97 Å². The summed E-state index contributed by atoms with van der Waals surface area (Å²) >= 11 is 5.98. The Morgan fingerprint density at radius 2 is 1.96 bits per heavy atom. The molecular weight excluding hydrogens is 380 g/mol. The third kappa shape index (κ3) is 3.14. The normalized spacial score (nSPS) is 18.5. The van der Waals surface area contributed by atoms with Gasteiger partial charge in [0.2, 0.25) is 11.8 Å². The molecule has 2 aromatic carbocycles. The summed E-state index contributed by atoms with van der Waals surface area (Å²) < 4.78 is 5.14. The highest BCUT2D eigenvalue weighted by Crippen LogP contribution is 2.42. The van der Waals surface area contributed by atoms with Crippen molar-refractivity contribution in [1.29, 1.82) is 5.26 Å². The molecule has 3 rings (SSSR count). The summed E-state index contributed by atoms with van der Waals surface area (Å²) in [6.07, 6.45) is -0.285. The van der Waals surface area contributed by atoms with E-state index in [1.807, 2.05) is 6.07 Å². The fourth-order valence-corrected chi connectivity index (χ4v) is 3.64. The van der Waals surface area contributed by atoms with Crippen molar-refractivity contribution in [2.24, 2.45) is 5.92 Å². The van der Waals surface area contributed by atoms with Crippen molar-refractivity contribution in [3.8, 4) is 6.07 Å². The van der Waals surface area contributed by atoms with E-state index in [0.29, 0.717) is 16.3 Å². The smallest absolute Gasteiger partial charge is 0.331 e. The predicted octanol–water partition coefficient (Wildman–Crippen LogP) is 3.24. The molecule has 6 nitrogen and oxygen atoms in total. The van der Waals surface area contributed by atoms with E-state index in [1.165, 1.54) is 6.07 Å². The minimum absolute atomic E-state index is 0.0436. The summed E-state index contributed by atoms with van der Waals surface area (Å²) in [4.78, 5) is 39.8. The SMILES string of the molecule is CCOC(=O)[C@@](C#N)(c1ccccc1)[C@@H]1CC(=O)N(c2cccc(Cl)c2)C1=O. The molecule has 0 radical (unpaired) electrons. The Labute approximate surface area is 167 Å². The molecule has 2 atom stereocenters. The fourth-order valence-electron chi connectivity index (χ4n) is 3.45. The summed E-state index contributed by atoms with van der Waals surface area (Å²) in [5.41, 5.74) is -1.30. The number of benzene rings is 2. The Morgan fingerprint density at radius 3 is 2.57 bits per heavy atom. The molecule has 2 aromatic rings. The Hall–Kier alpha value is -3.17. The van der Waals surface area contributed by atoms with E-state index in [4.69, 9.17) is 16.3 Å². The van der Waals surface area contributed by atoms with Crippen molar-refractivity contribution in [2.75, 3.05) is 11.5 Å². The number of nitrogens with zero attached hydrogens (tertiary/aromatic N) is 2. The molecule has 142 valence electrons. The molecule has 0 aliphatic carbocycles. The highest BCUT2D eigenvalue weighted by molar-refractivity contribution is 6.31. The summed E-state index contributed by atoms with van der Waals surface area (Å²) in [5, 5.41) is 10.4. The van der Waals surface area contributed by atoms with Crippen LogP contribution in [-0.4, -0.2) is 24.4 Å². The van der Waals surface area contributed by atoms with Crippen LogP contribution < -0.4 is 4.90 Å². The second kappa shape index (κ2) is 7.83. The van der Waals surface area contributed by atoms with Crippen LogP contribution in [0.1, 0.15) is 18.9 Å². The molecule has 7 heteroatoms. The molecule has 28 heavy (non-hydrogen) atoms. The van der Waals surface area contributed by atoms with E-state index in [-0.39, 0.29) is 13.0 Å². The number of nitriles is 1. The van der Waals surface area contributed by atoms with E-state index in [2.05, 4.69) is 0 Å². The molecule has 1 saturated heterocycles. The van der Waals surface area contributed by atoms with Crippen molar-refractivity contribution in [3.63, 3.8) is 0 Å². The first-order valence-electron chi connectivity index (χ1n) is 8.72. The van der Waals surface area contributed by atoms with Crippen LogP contribution in [0.2, 0.25) is 5.02 Å². The largest absolute Gasteiger partial charge is 0.465 e. The lowest BCUT2D eigenvalue weighted by molar-refractivity contribution is -0.151. The van der Waals surface area contributed by atoms with Gasteiger partial charge in [0.15, 0.2) is 5.41 Å². The van der Waals surface area contributed by atoms with E-state index in [9.17, 15) is 19.6 Å². The number of hydrogen-bond donors (Lipinski definition) is 0. The van der Waals surface area contributed by atoms with Crippen LogP contribution in [0, 0.1) is 17.2 Å². The number of carbonyl (C=O) groups is 3. The summed E-state index contributed by atoms with van der Waals surface area (Å²) in [6.45, 7) is 1.66. The molecule has 0 unspecified atom stereocenters. The third-order valence-corrected chi connectivity index (χ3v) is 4.97. The van der Waals surface area contributed by atoms with Gasteiger partial charge in [0.25, 0.3) is 0 Å². The second-order valence-corrected chi connectivity index (χ2v) is 6.75. The Bertz CT molecular complexity index is 970. The van der Waals surface area contributed by atoms with E-state index >= 15 is 0 Å². The maximum Gasteiger partial charge on any atom is 0.331 e. The van der Waals surface area contributed by atoms with Crippen molar-refractivity contribution in [3.05, 3.63) is 65.2 Å². The van der Waals surface area contributed by atoms with Gasteiger partial charge in [0.1, 0.15) is 0 Å². The Balaban J connectivity index is 2.11. The van der Waals surface area contributed by atoms with E-state index < -0.39 is 29.1 Å². The van der Waals surface area contributed by atoms with Crippen LogP contribution in [0.3, 0.4) is 0 Å². The number of imide groups is 1. The number of halogens is 1. The fraction of sp³-hybridized carbons (Fsp3) is 0.238. The van der Waals surface area contributed by atoms with Gasteiger partial charge in [-0.25, -0.2) is 4.79 Å². The summed E-state index contributed by atoms with van der Waals surface area (Å²) in [7, 11) is 0. The lowest BCUT2D eigenvalue weighted by Crippen LogP contribution is -2.47. The van der Waals surface area contributed by atoms with Crippen molar-refractivity contribution in [2.45, 2.75) is 18.8 Å². The van der Waals surface area contributed by atoms with Gasteiger partial charge in [-0.15, -0.1) is 0 Å². The molecule has 0 N–H and O–H groups in total. The van der Waals surface area contributed by atoms with Crippen molar-refractivity contribution < 1.29 is 19.1 Å². The molecule has 0 bridgehead atoms. The lowest BCUT2D eigenvalue weighted by Gasteiger charge is -2.29. The monoisotopic (exact) mass is 396 g/mol. The molecule has 1 aliphatic heterocycles. The van der Waals surface area contributed by atoms with Crippen LogP contribution in [0.5, 0.6) is 0 Å². The molecule has 2 amide bonds. The van der Waals surface area contributed by atoms with Gasteiger partial charge < -0.3 is 4.74 Å². The maximum absolute atomic E-state index is 13.2. The minimum atomic E-state index is -1.92. The molecule has 0 saturated carbocycles. The quantitative estimate of drug-likeness (QED) is 0.572.